The van der Waals surface area contributed by atoms with Gasteiger partial charge in [0, 0.05) is 160 Å². The van der Waals surface area contributed by atoms with Gasteiger partial charge in [0.25, 0.3) is 5.91 Å². The number of amides is 2. The fourth-order valence-corrected chi connectivity index (χ4v) is 15.4. The molecule has 3 aliphatic carbocycles. The van der Waals surface area contributed by atoms with Crippen LogP contribution in [0.4, 0.5) is 16.2 Å². The number of piperidine rings is 2. The molecule has 2 unspecified atom stereocenters. The number of fused-ring (bicyclic) bond motifs is 6. The first-order chi connectivity index (χ1) is 51.1. The second kappa shape index (κ2) is 31.4. The molecule has 0 saturated carbocycles. The number of benzene rings is 5. The van der Waals surface area contributed by atoms with E-state index in [-0.39, 0.29) is 99.8 Å². The summed E-state index contributed by atoms with van der Waals surface area (Å²) in [5.41, 5.74) is 8.44. The van der Waals surface area contributed by atoms with Gasteiger partial charge >= 0.3 is 6.09 Å². The zero-order chi connectivity index (χ0) is 72.8. The predicted molar refractivity (Wildman–Crippen MR) is 381 cm³/mol. The Hall–Kier alpha value is -11.3. The van der Waals surface area contributed by atoms with Gasteiger partial charge in [0.2, 0.25) is 40.6 Å². The third-order valence-corrected chi connectivity index (χ3v) is 21.0. The lowest BCUT2D eigenvalue weighted by atomic mass is 9.83. The van der Waals surface area contributed by atoms with E-state index in [0.717, 1.165) is 58.8 Å². The van der Waals surface area contributed by atoms with E-state index in [1.807, 2.05) is 0 Å². The number of likely N-dealkylation sites (tertiary alicyclic amines) is 1. The summed E-state index contributed by atoms with van der Waals surface area (Å²) in [7, 11) is 0. The van der Waals surface area contributed by atoms with Crippen molar-refractivity contribution < 1.29 is 62.4 Å². The predicted octanol–water partition coefficient (Wildman–Crippen LogP) is 7.29. The highest BCUT2D eigenvalue weighted by atomic mass is 16.6. The molecule has 3 aromatic heterocycles. The maximum absolute atomic E-state index is 13.1. The van der Waals surface area contributed by atoms with Crippen LogP contribution in [-0.4, -0.2) is 206 Å². The van der Waals surface area contributed by atoms with Crippen LogP contribution >= 0.6 is 0 Å². The minimum absolute atomic E-state index is 0.0187. The van der Waals surface area contributed by atoms with E-state index >= 15 is 0 Å². The van der Waals surface area contributed by atoms with E-state index in [2.05, 4.69) is 84.3 Å². The van der Waals surface area contributed by atoms with Crippen LogP contribution in [-0.2, 0) is 30.8 Å². The Bertz CT molecular complexity index is 4640. The van der Waals surface area contributed by atoms with Gasteiger partial charge in [-0.25, -0.2) is 4.79 Å². The molecule has 5 aromatic carbocycles. The van der Waals surface area contributed by atoms with Gasteiger partial charge in [-0.05, 0) is 118 Å². The zero-order valence-corrected chi connectivity index (χ0v) is 58.7. The number of anilines is 2. The van der Waals surface area contributed by atoms with Crippen LogP contribution in [0.1, 0.15) is 170 Å². The first-order valence-electron chi connectivity index (χ1n) is 36.4. The number of ether oxygens (including phenoxy) is 1. The Labute approximate surface area is 605 Å². The van der Waals surface area contributed by atoms with Crippen LogP contribution in [0.3, 0.4) is 0 Å². The molecule has 2 amide bonds. The number of furan rings is 1. The smallest absolute Gasteiger partial charge is 0.409 e. The molecule has 5 aliphatic heterocycles. The number of carbonyl (C=O) groups excluding carboxylic acids is 8. The molecule has 8 aromatic rings. The number of hydrogen-bond acceptors (Lipinski definition) is 21. The third-order valence-electron chi connectivity index (χ3n) is 21.0. The summed E-state index contributed by atoms with van der Waals surface area (Å²) in [5.74, 6) is -2.03. The lowest BCUT2D eigenvalue weighted by Crippen LogP contribution is -2.51. The van der Waals surface area contributed by atoms with E-state index in [1.54, 1.807) is 89.8 Å². The molecule has 28 nitrogen and oxygen atoms in total. The number of piperazine rings is 2. The van der Waals surface area contributed by atoms with Crippen LogP contribution in [0, 0.1) is 22.5 Å². The molecule has 16 rings (SSSR count). The average Bonchev–Trinajstić information content (AvgIpc) is 1.63. The Morgan fingerprint density at radius 3 is 1.64 bits per heavy atom. The number of ketones is 6. The molecule has 28 heteroatoms. The molecule has 8 heterocycles. The molecule has 2 atom stereocenters. The molecule has 4 fully saturated rings. The lowest BCUT2D eigenvalue weighted by molar-refractivity contribution is -0.749. The first-order valence-corrected chi connectivity index (χ1v) is 36.4. The molecule has 544 valence electrons. The lowest BCUT2D eigenvalue weighted by Gasteiger charge is -2.37. The number of Topliss-reactive ketones (excluding diaryl/α,β-unsaturated/α-hetero) is 2. The molecule has 105 heavy (non-hydrogen) atoms. The van der Waals surface area contributed by atoms with Gasteiger partial charge in [0.05, 0.1) is 32.5 Å². The maximum atomic E-state index is 13.1. The Morgan fingerprint density at radius 2 is 1.06 bits per heavy atom. The van der Waals surface area contributed by atoms with E-state index in [9.17, 15) is 54.0 Å². The Balaban J connectivity index is 0.000000133. The SMILES string of the molecule is Cc1cc(CN2CCCCC2)ccc1N1CCN(CCCn2c3c(n[n+]2[O-])C(=O)c2ccccc2C3=O)CC1.O=C1c2ccccc2C(=O)C2C1N=[N+]([O-])N2CCCOC(=O)N1CCN(C(=O)c2ccco2)CC1.O=C1c2ccccc2C(=O)c2c1n[n+]([O-])n2CCCc1ccc(N2CCCCC2)cc1. The largest absolute Gasteiger partial charge is 0.571 e. The van der Waals surface area contributed by atoms with Gasteiger partial charge in [-0.2, -0.15) is 0 Å². The van der Waals surface area contributed by atoms with Crippen molar-refractivity contribution in [3.05, 3.63) is 228 Å². The van der Waals surface area contributed by atoms with Crippen molar-refractivity contribution in [3.8, 4) is 0 Å². The third kappa shape index (κ3) is 14.9. The first kappa shape index (κ1) is 70.8. The van der Waals surface area contributed by atoms with Gasteiger partial charge in [0.1, 0.15) is 0 Å². The molecule has 0 radical (unpaired) electrons. The van der Waals surface area contributed by atoms with Crippen molar-refractivity contribution in [2.45, 2.75) is 103 Å². The average molecular weight is 1430 g/mol. The summed E-state index contributed by atoms with van der Waals surface area (Å²) in [6.45, 7) is 14.7. The Kier molecular flexibility index (Phi) is 21.1. The van der Waals surface area contributed by atoms with E-state index in [4.69, 9.17) is 9.15 Å². The van der Waals surface area contributed by atoms with Crippen molar-refractivity contribution in [1.29, 1.82) is 0 Å². The van der Waals surface area contributed by atoms with Crippen LogP contribution in [0.25, 0.3) is 0 Å². The van der Waals surface area contributed by atoms with Gasteiger partial charge in [-0.3, -0.25) is 43.4 Å². The van der Waals surface area contributed by atoms with Gasteiger partial charge in [-0.15, -0.1) is 14.4 Å². The highest BCUT2D eigenvalue weighted by Crippen LogP contribution is 2.33. The minimum atomic E-state index is -1.07. The number of nitrogens with zero attached hydrogens (tertiary/aromatic N) is 15. The molecule has 0 bridgehead atoms. The highest BCUT2D eigenvalue weighted by Gasteiger charge is 2.54. The van der Waals surface area contributed by atoms with Crippen LogP contribution in [0.5, 0.6) is 0 Å². The van der Waals surface area contributed by atoms with Crippen molar-refractivity contribution in [3.63, 3.8) is 0 Å². The van der Waals surface area contributed by atoms with Gasteiger partial charge in [-0.1, -0.05) is 103 Å². The quantitative estimate of drug-likeness (QED) is 0.0491. The second-order valence-electron chi connectivity index (χ2n) is 27.6. The van der Waals surface area contributed by atoms with Crippen molar-refractivity contribution in [2.75, 3.05) is 108 Å². The zero-order valence-electron chi connectivity index (χ0n) is 58.7. The summed E-state index contributed by atoms with van der Waals surface area (Å²) in [5, 5.41) is 50.0. The van der Waals surface area contributed by atoms with Gasteiger partial charge in [0.15, 0.2) is 34.8 Å². The molecular formula is C77H83N15O13. The van der Waals surface area contributed by atoms with E-state index in [0.29, 0.717) is 89.3 Å². The summed E-state index contributed by atoms with van der Waals surface area (Å²) in [6.07, 6.45) is 11.1. The Morgan fingerprint density at radius 1 is 0.514 bits per heavy atom. The van der Waals surface area contributed by atoms with Crippen LogP contribution < -0.4 is 19.7 Å². The van der Waals surface area contributed by atoms with Crippen molar-refractivity contribution in [1.82, 2.24) is 44.2 Å². The van der Waals surface area contributed by atoms with Crippen LogP contribution in [0.15, 0.2) is 143 Å². The van der Waals surface area contributed by atoms with Crippen molar-refractivity contribution in [2.24, 2.45) is 5.11 Å². The number of hydrogen-bond donors (Lipinski definition) is 0. The van der Waals surface area contributed by atoms with Crippen LogP contribution in [0.2, 0.25) is 0 Å². The van der Waals surface area contributed by atoms with Gasteiger partial charge < -0.3 is 44.4 Å². The minimum Gasteiger partial charge on any atom is -0.571 e. The molecule has 8 aliphatic rings. The standard InChI is InChI=1S/C30H36N6O3.C24H24N4O3.C23H23N5O7/c1-22-20-23(21-33-12-5-2-6-13-33)10-11-26(22)34-18-16-32(17-19-34)14-7-15-35-28-27(31-36(35)39)29(37)24-8-3-4-9-25(24)30(28)38;29-23-19-8-2-3-9-20(19)24(30)22-21(23)25-28(31)27(22)16-6-7-17-10-12-18(13-11-17)26-14-4-1-5-15-26;29-20-15-5-1-2-6-16(15)21(30)19-18(20)24-28(33)27(19)8-4-14-35-23(32)26-11-9-25(10-12-26)22(31)17-7-3-13-34-17/h3-4,8-11,20H,2,5-7,12-19,21H2,1H3;2-3,8-13H,1,4-7,14-16H2;1-3,5-7,13,18-19H,4,8-12,14H2. The number of carbonyl (C=O) groups is 8. The summed E-state index contributed by atoms with van der Waals surface area (Å²) in [4.78, 5) is 116. The normalized spacial score (nSPS) is 18.6. The van der Waals surface area contributed by atoms with E-state index in [1.165, 1.54) is 105 Å². The van der Waals surface area contributed by atoms with E-state index < -0.39 is 18.2 Å². The molecule has 0 spiro atoms. The topological polar surface area (TPSA) is 310 Å². The molecule has 0 N–H and O–H groups in total. The summed E-state index contributed by atoms with van der Waals surface area (Å²) in [6, 6.07) is 36.5. The number of hydrazine groups is 1. The fraction of sp³-hybridized carbons (Fsp3) is 0.403. The monoisotopic (exact) mass is 1430 g/mol. The summed E-state index contributed by atoms with van der Waals surface area (Å²) < 4.78 is 13.0. The van der Waals surface area contributed by atoms with Crippen molar-refractivity contribution >= 4 is 58.1 Å². The molecular weight excluding hydrogens is 1340 g/mol. The summed E-state index contributed by atoms with van der Waals surface area (Å²) >= 11 is 0. The number of aromatic nitrogens is 6. The second-order valence-corrected chi connectivity index (χ2v) is 27.6. The fourth-order valence-electron chi connectivity index (χ4n) is 15.4. The highest BCUT2D eigenvalue weighted by molar-refractivity contribution is 6.27. The number of aryl methyl sites for hydroxylation is 2. The number of rotatable bonds is 17. The maximum Gasteiger partial charge on any atom is 0.409 e. The molecule has 4 saturated heterocycles.